The molecule has 1 aliphatic heterocycles. The smallest absolute Gasteiger partial charge is 0.243 e. The van der Waals surface area contributed by atoms with Crippen molar-refractivity contribution in [2.75, 3.05) is 24.3 Å². The van der Waals surface area contributed by atoms with E-state index in [9.17, 15) is 13.2 Å². The number of rotatable bonds is 4. The number of carbonyl (C=O) groups excluding carboxylic acids is 1. The molecule has 1 aliphatic rings. The van der Waals surface area contributed by atoms with E-state index in [0.29, 0.717) is 13.1 Å². The molecule has 22 heavy (non-hydrogen) atoms. The SMILES string of the molecule is O=C(CCl)Nc1cc(S(=O)(=O)N2CCCCCC2)ccc1Cl. The topological polar surface area (TPSA) is 66.5 Å². The van der Waals surface area contributed by atoms with Crippen LogP contribution in [0.1, 0.15) is 25.7 Å². The van der Waals surface area contributed by atoms with Crippen molar-refractivity contribution in [3.8, 4) is 0 Å². The van der Waals surface area contributed by atoms with Gasteiger partial charge in [0.2, 0.25) is 15.9 Å². The predicted octanol–water partition coefficient (Wildman–Crippen LogP) is 3.08. The summed E-state index contributed by atoms with van der Waals surface area (Å²) in [4.78, 5) is 11.5. The fraction of sp³-hybridized carbons (Fsp3) is 0.500. The van der Waals surface area contributed by atoms with Crippen LogP contribution in [0.5, 0.6) is 0 Å². The standard InChI is InChI=1S/C14H18Cl2N2O3S/c15-10-14(19)17-13-9-11(5-6-12(13)16)22(20,21)18-7-3-1-2-4-8-18/h5-6,9H,1-4,7-8,10H2,(H,17,19). The van der Waals surface area contributed by atoms with Gasteiger partial charge in [-0.3, -0.25) is 4.79 Å². The Hall–Kier alpha value is -0.820. The quantitative estimate of drug-likeness (QED) is 0.834. The van der Waals surface area contributed by atoms with Gasteiger partial charge in [0.25, 0.3) is 0 Å². The number of hydrogen-bond donors (Lipinski definition) is 1. The maximum Gasteiger partial charge on any atom is 0.243 e. The van der Waals surface area contributed by atoms with E-state index in [0.717, 1.165) is 25.7 Å². The molecule has 5 nitrogen and oxygen atoms in total. The minimum Gasteiger partial charge on any atom is -0.324 e. The highest BCUT2D eigenvalue weighted by molar-refractivity contribution is 7.89. The molecule has 0 bridgehead atoms. The second-order valence-electron chi connectivity index (χ2n) is 5.14. The first-order valence-corrected chi connectivity index (χ1v) is 9.46. The lowest BCUT2D eigenvalue weighted by molar-refractivity contribution is -0.113. The van der Waals surface area contributed by atoms with Crippen molar-refractivity contribution in [2.45, 2.75) is 30.6 Å². The Morgan fingerprint density at radius 3 is 2.41 bits per heavy atom. The van der Waals surface area contributed by atoms with E-state index in [2.05, 4.69) is 5.32 Å². The summed E-state index contributed by atoms with van der Waals surface area (Å²) in [5.74, 6) is -0.660. The molecule has 0 radical (unpaired) electrons. The molecule has 1 fully saturated rings. The van der Waals surface area contributed by atoms with Crippen LogP contribution in [0.15, 0.2) is 23.1 Å². The number of alkyl halides is 1. The highest BCUT2D eigenvalue weighted by Gasteiger charge is 2.25. The number of sulfonamides is 1. The number of benzene rings is 1. The molecule has 8 heteroatoms. The van der Waals surface area contributed by atoms with E-state index in [1.54, 1.807) is 0 Å². The normalized spacial score (nSPS) is 17.0. The molecule has 2 rings (SSSR count). The van der Waals surface area contributed by atoms with E-state index < -0.39 is 15.9 Å². The highest BCUT2D eigenvalue weighted by Crippen LogP contribution is 2.28. The number of nitrogens with zero attached hydrogens (tertiary/aromatic N) is 1. The first-order chi connectivity index (χ1) is 10.4. The summed E-state index contributed by atoms with van der Waals surface area (Å²) in [7, 11) is -3.58. The highest BCUT2D eigenvalue weighted by atomic mass is 35.5. The monoisotopic (exact) mass is 364 g/mol. The van der Waals surface area contributed by atoms with Crippen molar-refractivity contribution in [3.63, 3.8) is 0 Å². The van der Waals surface area contributed by atoms with Gasteiger partial charge >= 0.3 is 0 Å². The molecule has 0 unspecified atom stereocenters. The van der Waals surface area contributed by atoms with Crippen LogP contribution in [0.2, 0.25) is 5.02 Å². The van der Waals surface area contributed by atoms with Gasteiger partial charge in [0, 0.05) is 13.1 Å². The van der Waals surface area contributed by atoms with E-state index >= 15 is 0 Å². The largest absolute Gasteiger partial charge is 0.324 e. The second-order valence-corrected chi connectivity index (χ2v) is 7.75. The number of nitrogens with one attached hydrogen (secondary N) is 1. The summed E-state index contributed by atoms with van der Waals surface area (Å²) < 4.78 is 26.9. The minimum absolute atomic E-state index is 0.128. The summed E-state index contributed by atoms with van der Waals surface area (Å²) >= 11 is 11.4. The molecule has 0 spiro atoms. The second kappa shape index (κ2) is 7.64. The Bertz CT molecular complexity index is 641. The van der Waals surface area contributed by atoms with Crippen LogP contribution >= 0.6 is 23.2 Å². The first-order valence-electron chi connectivity index (χ1n) is 7.10. The van der Waals surface area contributed by atoms with E-state index in [1.165, 1.54) is 22.5 Å². The summed E-state index contributed by atoms with van der Waals surface area (Å²) in [6.45, 7) is 1.04. The number of anilines is 1. The average molecular weight is 365 g/mol. The molecule has 1 heterocycles. The van der Waals surface area contributed by atoms with E-state index in [-0.39, 0.29) is 21.5 Å². The molecule has 0 saturated carbocycles. The van der Waals surface area contributed by atoms with Crippen molar-refractivity contribution in [1.82, 2.24) is 4.31 Å². The Labute approximate surface area is 140 Å². The Kier molecular flexibility index (Phi) is 6.09. The third-order valence-electron chi connectivity index (χ3n) is 3.54. The number of carbonyl (C=O) groups is 1. The first kappa shape index (κ1) is 17.5. The van der Waals surface area contributed by atoms with Crippen LogP contribution in [0, 0.1) is 0 Å². The lowest BCUT2D eigenvalue weighted by atomic mass is 10.2. The van der Waals surface area contributed by atoms with Gasteiger partial charge in [0.05, 0.1) is 15.6 Å². The molecule has 0 aromatic heterocycles. The predicted molar refractivity (Wildman–Crippen MR) is 88.0 cm³/mol. The van der Waals surface area contributed by atoms with Crippen molar-refractivity contribution >= 4 is 44.8 Å². The number of halogens is 2. The molecular weight excluding hydrogens is 347 g/mol. The number of hydrogen-bond acceptors (Lipinski definition) is 3. The zero-order valence-electron chi connectivity index (χ0n) is 12.0. The third-order valence-corrected chi connectivity index (χ3v) is 6.00. The van der Waals surface area contributed by atoms with Gasteiger partial charge in [-0.1, -0.05) is 24.4 Å². The third kappa shape index (κ3) is 4.13. The molecule has 1 saturated heterocycles. The van der Waals surface area contributed by atoms with Gasteiger partial charge in [-0.05, 0) is 31.0 Å². The van der Waals surface area contributed by atoms with Crippen molar-refractivity contribution in [1.29, 1.82) is 0 Å². The zero-order chi connectivity index (χ0) is 16.2. The fourth-order valence-electron chi connectivity index (χ4n) is 2.38. The summed E-state index contributed by atoms with van der Waals surface area (Å²) in [5, 5.41) is 2.77. The molecule has 1 aromatic rings. The van der Waals surface area contributed by atoms with Crippen LogP contribution in [-0.2, 0) is 14.8 Å². The van der Waals surface area contributed by atoms with Crippen molar-refractivity contribution < 1.29 is 13.2 Å². The summed E-state index contributed by atoms with van der Waals surface area (Å²) in [6.07, 6.45) is 3.82. The maximum absolute atomic E-state index is 12.7. The van der Waals surface area contributed by atoms with Crippen molar-refractivity contribution in [2.24, 2.45) is 0 Å². The lowest BCUT2D eigenvalue weighted by Crippen LogP contribution is -2.32. The van der Waals surface area contributed by atoms with Gasteiger partial charge in [0.1, 0.15) is 5.88 Å². The van der Waals surface area contributed by atoms with E-state index in [4.69, 9.17) is 23.2 Å². The van der Waals surface area contributed by atoms with Crippen LogP contribution in [0.25, 0.3) is 0 Å². The lowest BCUT2D eigenvalue weighted by Gasteiger charge is -2.20. The Morgan fingerprint density at radius 2 is 1.82 bits per heavy atom. The van der Waals surface area contributed by atoms with Crippen LogP contribution in [0.4, 0.5) is 5.69 Å². The van der Waals surface area contributed by atoms with Gasteiger partial charge in [-0.25, -0.2) is 8.42 Å². The fourth-order valence-corrected chi connectivity index (χ4v) is 4.15. The van der Waals surface area contributed by atoms with Crippen LogP contribution in [-0.4, -0.2) is 37.6 Å². The van der Waals surface area contributed by atoms with E-state index in [1.807, 2.05) is 0 Å². The van der Waals surface area contributed by atoms with Gasteiger partial charge < -0.3 is 5.32 Å². The molecule has 1 amide bonds. The van der Waals surface area contributed by atoms with Gasteiger partial charge in [-0.15, -0.1) is 11.6 Å². The minimum atomic E-state index is -3.58. The average Bonchev–Trinajstić information content (AvgIpc) is 2.78. The Morgan fingerprint density at radius 1 is 1.18 bits per heavy atom. The molecule has 122 valence electrons. The summed E-state index contributed by atoms with van der Waals surface area (Å²) in [5.41, 5.74) is 0.253. The van der Waals surface area contributed by atoms with Gasteiger partial charge in [0.15, 0.2) is 0 Å². The van der Waals surface area contributed by atoms with Crippen LogP contribution < -0.4 is 5.32 Å². The Balaban J connectivity index is 2.30. The molecule has 0 aliphatic carbocycles. The van der Waals surface area contributed by atoms with Crippen molar-refractivity contribution in [3.05, 3.63) is 23.2 Å². The zero-order valence-corrected chi connectivity index (χ0v) is 14.3. The molecular formula is C14H18Cl2N2O3S. The summed E-state index contributed by atoms with van der Waals surface area (Å²) in [6, 6.07) is 4.31. The van der Waals surface area contributed by atoms with Crippen LogP contribution in [0.3, 0.4) is 0 Å². The molecule has 0 atom stereocenters. The number of amides is 1. The maximum atomic E-state index is 12.7. The molecule has 1 aromatic carbocycles. The molecule has 1 N–H and O–H groups in total. The van der Waals surface area contributed by atoms with Gasteiger partial charge in [-0.2, -0.15) is 4.31 Å².